The highest BCUT2D eigenvalue weighted by molar-refractivity contribution is 4.86. The van der Waals surface area contributed by atoms with Gasteiger partial charge in [-0.25, -0.2) is 0 Å². The maximum atomic E-state index is 6.12. The van der Waals surface area contributed by atoms with E-state index in [0.29, 0.717) is 24.2 Å². The highest BCUT2D eigenvalue weighted by Crippen LogP contribution is 2.17. The van der Waals surface area contributed by atoms with E-state index >= 15 is 0 Å². The molecule has 2 aliphatic rings. The molecule has 0 unspecified atom stereocenters. The van der Waals surface area contributed by atoms with Crippen molar-refractivity contribution in [3.05, 3.63) is 0 Å². The van der Waals surface area contributed by atoms with Gasteiger partial charge in [0.15, 0.2) is 0 Å². The highest BCUT2D eigenvalue weighted by Gasteiger charge is 2.22. The Morgan fingerprint density at radius 3 is 1.44 bits per heavy atom. The Labute approximate surface area is 111 Å². The molecule has 6 N–H and O–H groups in total. The van der Waals surface area contributed by atoms with Crippen molar-refractivity contribution < 1.29 is 0 Å². The van der Waals surface area contributed by atoms with Crippen LogP contribution in [0.2, 0.25) is 0 Å². The van der Waals surface area contributed by atoms with Crippen molar-refractivity contribution in [3.63, 3.8) is 0 Å². The molecule has 0 heterocycles. The Morgan fingerprint density at radius 1 is 0.667 bits per heavy atom. The maximum absolute atomic E-state index is 6.12. The van der Waals surface area contributed by atoms with Gasteiger partial charge >= 0.3 is 0 Å². The van der Waals surface area contributed by atoms with E-state index in [0.717, 1.165) is 13.1 Å². The van der Waals surface area contributed by atoms with Crippen LogP contribution in [-0.4, -0.2) is 37.3 Å². The van der Waals surface area contributed by atoms with Gasteiger partial charge in [0, 0.05) is 37.3 Å². The first-order chi connectivity index (χ1) is 8.77. The van der Waals surface area contributed by atoms with Crippen LogP contribution in [-0.2, 0) is 0 Å². The summed E-state index contributed by atoms with van der Waals surface area (Å²) in [5.41, 5.74) is 12.2. The summed E-state index contributed by atoms with van der Waals surface area (Å²) in [5, 5.41) is 7.19. The van der Waals surface area contributed by atoms with Crippen molar-refractivity contribution in [1.82, 2.24) is 10.6 Å². The SMILES string of the molecule is N[C@H]1CCCC[C@@H]1NCCN[C@H]1CCCC[C@@H]1N. The third kappa shape index (κ3) is 4.19. The fourth-order valence-corrected chi connectivity index (χ4v) is 3.34. The Hall–Kier alpha value is -0.160. The molecule has 0 aromatic heterocycles. The highest BCUT2D eigenvalue weighted by atomic mass is 15.0. The maximum Gasteiger partial charge on any atom is 0.0219 e. The predicted octanol–water partition coefficient (Wildman–Crippen LogP) is 0.705. The monoisotopic (exact) mass is 254 g/mol. The summed E-state index contributed by atoms with van der Waals surface area (Å²) >= 11 is 0. The minimum absolute atomic E-state index is 0.357. The first kappa shape index (κ1) is 14.3. The van der Waals surface area contributed by atoms with Crippen LogP contribution in [0, 0.1) is 0 Å². The number of hydrogen-bond acceptors (Lipinski definition) is 4. The lowest BCUT2D eigenvalue weighted by atomic mass is 9.90. The lowest BCUT2D eigenvalue weighted by molar-refractivity contribution is 0.306. The largest absolute Gasteiger partial charge is 0.326 e. The summed E-state index contributed by atoms with van der Waals surface area (Å²) in [4.78, 5) is 0. The van der Waals surface area contributed by atoms with E-state index in [4.69, 9.17) is 11.5 Å². The predicted molar refractivity (Wildman–Crippen MR) is 76.5 cm³/mol. The summed E-state index contributed by atoms with van der Waals surface area (Å²) in [6.45, 7) is 2.03. The zero-order valence-corrected chi connectivity index (χ0v) is 11.5. The van der Waals surface area contributed by atoms with Crippen LogP contribution in [0.3, 0.4) is 0 Å². The van der Waals surface area contributed by atoms with Crippen molar-refractivity contribution >= 4 is 0 Å². The molecular weight excluding hydrogens is 224 g/mol. The van der Waals surface area contributed by atoms with Crippen molar-refractivity contribution in [1.29, 1.82) is 0 Å². The van der Waals surface area contributed by atoms with Crippen LogP contribution in [0.15, 0.2) is 0 Å². The Morgan fingerprint density at radius 2 is 1.06 bits per heavy atom. The molecule has 2 aliphatic carbocycles. The zero-order valence-electron chi connectivity index (χ0n) is 11.5. The molecule has 0 aliphatic heterocycles. The van der Waals surface area contributed by atoms with E-state index in [-0.39, 0.29) is 0 Å². The number of rotatable bonds is 5. The van der Waals surface area contributed by atoms with Crippen molar-refractivity contribution in [2.45, 2.75) is 75.5 Å². The molecule has 18 heavy (non-hydrogen) atoms. The van der Waals surface area contributed by atoms with Gasteiger partial charge in [-0.3, -0.25) is 0 Å². The second-order valence-electron chi connectivity index (χ2n) is 6.02. The van der Waals surface area contributed by atoms with Crippen molar-refractivity contribution in [3.8, 4) is 0 Å². The molecule has 2 rings (SSSR count). The van der Waals surface area contributed by atoms with E-state index in [9.17, 15) is 0 Å². The summed E-state index contributed by atoms with van der Waals surface area (Å²) in [7, 11) is 0. The molecule has 0 aromatic rings. The Kier molecular flexibility index (Phi) is 5.89. The van der Waals surface area contributed by atoms with Gasteiger partial charge in [-0.05, 0) is 25.7 Å². The van der Waals surface area contributed by atoms with Crippen LogP contribution in [0.4, 0.5) is 0 Å². The molecule has 0 saturated heterocycles. The summed E-state index contributed by atoms with van der Waals surface area (Å²) in [6, 6.07) is 1.77. The average molecular weight is 254 g/mol. The van der Waals surface area contributed by atoms with Gasteiger partial charge in [-0.1, -0.05) is 25.7 Å². The van der Waals surface area contributed by atoms with Crippen LogP contribution in [0.25, 0.3) is 0 Å². The summed E-state index contributed by atoms with van der Waals surface area (Å²) < 4.78 is 0. The van der Waals surface area contributed by atoms with E-state index in [2.05, 4.69) is 10.6 Å². The van der Waals surface area contributed by atoms with Crippen LogP contribution >= 0.6 is 0 Å². The lowest BCUT2D eigenvalue weighted by Gasteiger charge is -2.31. The second-order valence-corrected chi connectivity index (χ2v) is 6.02. The minimum atomic E-state index is 0.357. The molecule has 0 bridgehead atoms. The molecule has 106 valence electrons. The lowest BCUT2D eigenvalue weighted by Crippen LogP contribution is -2.51. The topological polar surface area (TPSA) is 76.1 Å². The number of hydrogen-bond donors (Lipinski definition) is 4. The standard InChI is InChI=1S/C14H30N4/c15-11-5-1-3-7-13(11)17-9-10-18-14-8-4-2-6-12(14)16/h11-14,17-18H,1-10,15-16H2/t11-,12-,13-,14-/m0/s1. The fraction of sp³-hybridized carbons (Fsp3) is 1.00. The number of nitrogens with two attached hydrogens (primary N) is 2. The van der Waals surface area contributed by atoms with E-state index in [1.165, 1.54) is 51.4 Å². The van der Waals surface area contributed by atoms with E-state index in [1.54, 1.807) is 0 Å². The fourth-order valence-electron chi connectivity index (χ4n) is 3.34. The third-order valence-corrected chi connectivity index (χ3v) is 4.58. The van der Waals surface area contributed by atoms with E-state index in [1.807, 2.05) is 0 Å². The smallest absolute Gasteiger partial charge is 0.0219 e. The first-order valence-corrected chi connectivity index (χ1v) is 7.75. The summed E-state index contributed by atoms with van der Waals surface area (Å²) in [5.74, 6) is 0. The molecule has 4 nitrogen and oxygen atoms in total. The zero-order chi connectivity index (χ0) is 12.8. The van der Waals surface area contributed by atoms with E-state index < -0.39 is 0 Å². The summed E-state index contributed by atoms with van der Waals surface area (Å²) in [6.07, 6.45) is 10.1. The molecule has 4 heteroatoms. The molecule has 0 radical (unpaired) electrons. The van der Waals surface area contributed by atoms with Gasteiger partial charge in [0.2, 0.25) is 0 Å². The Balaban J connectivity index is 1.57. The van der Waals surface area contributed by atoms with Gasteiger partial charge in [-0.2, -0.15) is 0 Å². The Bertz CT molecular complexity index is 210. The molecule has 2 fully saturated rings. The normalized spacial score (nSPS) is 37.7. The van der Waals surface area contributed by atoms with Gasteiger partial charge in [-0.15, -0.1) is 0 Å². The quantitative estimate of drug-likeness (QED) is 0.545. The van der Waals surface area contributed by atoms with Gasteiger partial charge < -0.3 is 22.1 Å². The van der Waals surface area contributed by atoms with Gasteiger partial charge in [0.1, 0.15) is 0 Å². The molecule has 0 amide bonds. The molecule has 4 atom stereocenters. The van der Waals surface area contributed by atoms with Crippen LogP contribution in [0.5, 0.6) is 0 Å². The molecule has 0 spiro atoms. The minimum Gasteiger partial charge on any atom is -0.326 e. The van der Waals surface area contributed by atoms with Crippen LogP contribution in [0.1, 0.15) is 51.4 Å². The second kappa shape index (κ2) is 7.43. The number of nitrogens with one attached hydrogen (secondary N) is 2. The van der Waals surface area contributed by atoms with Crippen molar-refractivity contribution in [2.75, 3.05) is 13.1 Å². The molecular formula is C14H30N4. The van der Waals surface area contributed by atoms with Crippen LogP contribution < -0.4 is 22.1 Å². The van der Waals surface area contributed by atoms with Gasteiger partial charge in [0.25, 0.3) is 0 Å². The third-order valence-electron chi connectivity index (χ3n) is 4.58. The molecule has 0 aromatic carbocycles. The molecule has 2 saturated carbocycles. The van der Waals surface area contributed by atoms with Gasteiger partial charge in [0.05, 0.1) is 0 Å². The first-order valence-electron chi connectivity index (χ1n) is 7.75. The van der Waals surface area contributed by atoms with Crippen molar-refractivity contribution in [2.24, 2.45) is 11.5 Å². The average Bonchev–Trinajstić information content (AvgIpc) is 2.38.